The van der Waals surface area contributed by atoms with Crippen molar-refractivity contribution >= 4 is 16.2 Å². The Bertz CT molecular complexity index is 426. The van der Waals surface area contributed by atoms with Gasteiger partial charge in [0, 0.05) is 6.04 Å². The van der Waals surface area contributed by atoms with Crippen molar-refractivity contribution in [3.8, 4) is 0 Å². The van der Waals surface area contributed by atoms with Gasteiger partial charge in [0.05, 0.1) is 18.9 Å². The van der Waals surface area contributed by atoms with E-state index in [4.69, 9.17) is 8.92 Å². The van der Waals surface area contributed by atoms with Gasteiger partial charge >= 0.3 is 6.09 Å². The fourth-order valence-electron chi connectivity index (χ4n) is 1.97. The minimum absolute atomic E-state index is 0.0225. The van der Waals surface area contributed by atoms with Gasteiger partial charge in [-0.1, -0.05) is 0 Å². The average Bonchev–Trinajstić information content (AvgIpc) is 2.16. The molecule has 1 amide bonds. The second kappa shape index (κ2) is 5.66. The Kier molecular flexibility index (Phi) is 4.84. The molecule has 1 fully saturated rings. The number of piperidine rings is 1. The lowest BCUT2D eigenvalue weighted by Crippen LogP contribution is -2.50. The van der Waals surface area contributed by atoms with Gasteiger partial charge in [0.1, 0.15) is 5.60 Å². The van der Waals surface area contributed by atoms with Crippen LogP contribution in [0.25, 0.3) is 0 Å². The maximum absolute atomic E-state index is 12.0. The molecule has 0 saturated carbocycles. The third-order valence-electron chi connectivity index (χ3n) is 2.78. The van der Waals surface area contributed by atoms with E-state index in [0.29, 0.717) is 12.8 Å². The quantitative estimate of drug-likeness (QED) is 0.725. The van der Waals surface area contributed by atoms with Gasteiger partial charge < -0.3 is 9.64 Å². The highest BCUT2D eigenvalue weighted by atomic mass is 32.2. The van der Waals surface area contributed by atoms with Gasteiger partial charge in [0.2, 0.25) is 0 Å². The van der Waals surface area contributed by atoms with Crippen molar-refractivity contribution in [1.82, 2.24) is 4.90 Å². The molecule has 0 aromatic carbocycles. The van der Waals surface area contributed by atoms with Crippen LogP contribution in [0, 0.1) is 0 Å². The molecule has 2 atom stereocenters. The lowest BCUT2D eigenvalue weighted by Gasteiger charge is -2.37. The fraction of sp³-hybridized carbons (Fsp3) is 0.917. The maximum atomic E-state index is 12.0. The van der Waals surface area contributed by atoms with E-state index in [1.165, 1.54) is 4.90 Å². The zero-order valence-electron chi connectivity index (χ0n) is 12.2. The van der Waals surface area contributed by atoms with E-state index >= 15 is 0 Å². The highest BCUT2D eigenvalue weighted by Gasteiger charge is 2.33. The minimum atomic E-state index is -3.50. The topological polar surface area (TPSA) is 72.9 Å². The van der Waals surface area contributed by atoms with Crippen molar-refractivity contribution < 1.29 is 22.1 Å². The molecule has 1 aliphatic heterocycles. The number of nitrogens with zero attached hydrogens (tertiary/aromatic N) is 1. The SMILES string of the molecule is C[C@@H]1CC[C@H](OS(C)(=O)=O)CN1C(=O)OC(C)(C)C. The third-order valence-corrected chi connectivity index (χ3v) is 3.40. The van der Waals surface area contributed by atoms with E-state index in [1.807, 2.05) is 6.92 Å². The monoisotopic (exact) mass is 293 g/mol. The van der Waals surface area contributed by atoms with Gasteiger partial charge in [0.25, 0.3) is 10.1 Å². The van der Waals surface area contributed by atoms with Gasteiger partial charge in [-0.3, -0.25) is 4.18 Å². The fourth-order valence-corrected chi connectivity index (χ4v) is 2.63. The molecule has 1 rings (SSSR count). The Morgan fingerprint density at radius 1 is 1.26 bits per heavy atom. The molecule has 0 aliphatic carbocycles. The first-order valence-corrected chi connectivity index (χ1v) is 8.17. The van der Waals surface area contributed by atoms with Gasteiger partial charge in [-0.25, -0.2) is 4.79 Å². The molecule has 1 aliphatic rings. The number of amides is 1. The Hall–Kier alpha value is -0.820. The molecule has 0 unspecified atom stereocenters. The van der Waals surface area contributed by atoms with Crippen molar-refractivity contribution in [2.24, 2.45) is 0 Å². The van der Waals surface area contributed by atoms with Gasteiger partial charge in [0.15, 0.2) is 0 Å². The van der Waals surface area contributed by atoms with Crippen LogP contribution in [-0.4, -0.2) is 50.0 Å². The van der Waals surface area contributed by atoms with Crippen molar-refractivity contribution in [2.75, 3.05) is 12.8 Å². The van der Waals surface area contributed by atoms with Crippen LogP contribution in [0.2, 0.25) is 0 Å². The van der Waals surface area contributed by atoms with E-state index < -0.39 is 27.9 Å². The molecule has 0 radical (unpaired) electrons. The standard InChI is InChI=1S/C12H23NO5S/c1-9-6-7-10(18-19(5,15)16)8-13(9)11(14)17-12(2,3)4/h9-10H,6-8H2,1-5H3/t9-,10+/m1/s1. The molecular weight excluding hydrogens is 270 g/mol. The average molecular weight is 293 g/mol. The van der Waals surface area contributed by atoms with E-state index in [-0.39, 0.29) is 12.6 Å². The lowest BCUT2D eigenvalue weighted by molar-refractivity contribution is -0.00447. The Morgan fingerprint density at radius 2 is 1.84 bits per heavy atom. The molecule has 1 saturated heterocycles. The molecule has 0 spiro atoms. The predicted molar refractivity (Wildman–Crippen MR) is 71.4 cm³/mol. The lowest BCUT2D eigenvalue weighted by atomic mass is 10.0. The minimum Gasteiger partial charge on any atom is -0.444 e. The molecule has 19 heavy (non-hydrogen) atoms. The molecule has 7 heteroatoms. The first-order valence-electron chi connectivity index (χ1n) is 6.36. The Morgan fingerprint density at radius 3 is 2.32 bits per heavy atom. The summed E-state index contributed by atoms with van der Waals surface area (Å²) in [6.45, 7) is 7.54. The number of likely N-dealkylation sites (tertiary alicyclic amines) is 1. The van der Waals surface area contributed by atoms with E-state index in [0.717, 1.165) is 6.26 Å². The second-order valence-corrected chi connectivity index (χ2v) is 7.58. The summed E-state index contributed by atoms with van der Waals surface area (Å²) in [5.74, 6) is 0. The van der Waals surface area contributed by atoms with E-state index in [1.54, 1.807) is 20.8 Å². The van der Waals surface area contributed by atoms with Crippen LogP contribution in [0.4, 0.5) is 4.79 Å². The summed E-state index contributed by atoms with van der Waals surface area (Å²) in [5.41, 5.74) is -0.568. The summed E-state index contributed by atoms with van der Waals surface area (Å²) < 4.78 is 32.5. The summed E-state index contributed by atoms with van der Waals surface area (Å²) in [4.78, 5) is 13.6. The number of hydrogen-bond acceptors (Lipinski definition) is 5. The highest BCUT2D eigenvalue weighted by molar-refractivity contribution is 7.86. The van der Waals surface area contributed by atoms with Gasteiger partial charge in [-0.15, -0.1) is 0 Å². The Balaban J connectivity index is 2.68. The summed E-state index contributed by atoms with van der Waals surface area (Å²) in [6.07, 6.45) is 1.41. The summed E-state index contributed by atoms with van der Waals surface area (Å²) >= 11 is 0. The summed E-state index contributed by atoms with van der Waals surface area (Å²) in [7, 11) is -3.50. The second-order valence-electron chi connectivity index (χ2n) is 5.98. The van der Waals surface area contributed by atoms with Crippen LogP contribution < -0.4 is 0 Å². The number of ether oxygens (including phenoxy) is 1. The van der Waals surface area contributed by atoms with Gasteiger partial charge in [-0.2, -0.15) is 8.42 Å². The van der Waals surface area contributed by atoms with Crippen LogP contribution in [0.5, 0.6) is 0 Å². The smallest absolute Gasteiger partial charge is 0.410 e. The van der Waals surface area contributed by atoms with Crippen LogP contribution in [-0.2, 0) is 19.0 Å². The van der Waals surface area contributed by atoms with Crippen LogP contribution in [0.1, 0.15) is 40.5 Å². The highest BCUT2D eigenvalue weighted by Crippen LogP contribution is 2.22. The number of hydrogen-bond donors (Lipinski definition) is 0. The van der Waals surface area contributed by atoms with Crippen LogP contribution in [0.3, 0.4) is 0 Å². The third kappa shape index (κ3) is 5.78. The first-order chi connectivity index (χ1) is 8.48. The number of carbonyl (C=O) groups excluding carboxylic acids is 1. The molecule has 0 aromatic heterocycles. The van der Waals surface area contributed by atoms with E-state index in [9.17, 15) is 13.2 Å². The predicted octanol–water partition coefficient (Wildman–Crippen LogP) is 1.75. The molecule has 0 N–H and O–H groups in total. The molecule has 1 heterocycles. The zero-order valence-corrected chi connectivity index (χ0v) is 13.0. The summed E-state index contributed by atoms with van der Waals surface area (Å²) in [5, 5.41) is 0. The molecule has 6 nitrogen and oxygen atoms in total. The van der Waals surface area contributed by atoms with Crippen LogP contribution >= 0.6 is 0 Å². The first kappa shape index (κ1) is 16.2. The Labute approximate surface area is 115 Å². The van der Waals surface area contributed by atoms with Gasteiger partial charge in [-0.05, 0) is 40.5 Å². The van der Waals surface area contributed by atoms with Crippen molar-refractivity contribution in [3.05, 3.63) is 0 Å². The largest absolute Gasteiger partial charge is 0.444 e. The van der Waals surface area contributed by atoms with Crippen LogP contribution in [0.15, 0.2) is 0 Å². The maximum Gasteiger partial charge on any atom is 0.410 e. The number of carbonyl (C=O) groups is 1. The molecule has 0 bridgehead atoms. The zero-order chi connectivity index (χ0) is 14.8. The molecule has 0 aromatic rings. The molecule has 112 valence electrons. The number of rotatable bonds is 2. The van der Waals surface area contributed by atoms with Crippen molar-refractivity contribution in [2.45, 2.75) is 58.3 Å². The van der Waals surface area contributed by atoms with Crippen molar-refractivity contribution in [1.29, 1.82) is 0 Å². The molecular formula is C12H23NO5S. The summed E-state index contributed by atoms with van der Waals surface area (Å²) in [6, 6.07) is 0.0225. The van der Waals surface area contributed by atoms with E-state index in [2.05, 4.69) is 0 Å². The van der Waals surface area contributed by atoms with Crippen molar-refractivity contribution in [3.63, 3.8) is 0 Å². The normalized spacial score (nSPS) is 25.2.